The maximum absolute atomic E-state index is 12.5. The lowest BCUT2D eigenvalue weighted by Crippen LogP contribution is -2.46. The molecule has 0 aromatic carbocycles. The van der Waals surface area contributed by atoms with Gasteiger partial charge in [0.25, 0.3) is 0 Å². The molecule has 23 heavy (non-hydrogen) atoms. The number of carbonyl (C=O) groups is 1. The van der Waals surface area contributed by atoms with E-state index in [0.29, 0.717) is 29.0 Å². The molecular weight excluding hydrogens is 332 g/mol. The number of halogens is 1. The number of nitrogens with zero attached hydrogens (tertiary/aromatic N) is 3. The molecule has 2 saturated carbocycles. The average molecular weight is 353 g/mol. The molecule has 1 aromatic heterocycles. The molecule has 5 nitrogen and oxygen atoms in total. The van der Waals surface area contributed by atoms with Crippen molar-refractivity contribution in [1.29, 1.82) is 5.26 Å². The molecule has 1 amide bonds. The van der Waals surface area contributed by atoms with Crippen molar-refractivity contribution in [2.24, 2.45) is 5.92 Å². The third-order valence-corrected chi connectivity index (χ3v) is 6.64. The minimum atomic E-state index is -0.0216. The molecule has 2 fully saturated rings. The van der Waals surface area contributed by atoms with E-state index in [-0.39, 0.29) is 17.9 Å². The van der Waals surface area contributed by atoms with Gasteiger partial charge in [-0.25, -0.2) is 4.98 Å². The van der Waals surface area contributed by atoms with Gasteiger partial charge < -0.3 is 5.32 Å². The molecule has 0 bridgehead atoms. The van der Waals surface area contributed by atoms with Crippen LogP contribution in [0.15, 0.2) is 0 Å². The Balaban J connectivity index is 1.65. The van der Waals surface area contributed by atoms with Gasteiger partial charge in [0.1, 0.15) is 5.15 Å². The number of hydrogen-bond acceptors (Lipinski definition) is 5. The van der Waals surface area contributed by atoms with Crippen molar-refractivity contribution < 1.29 is 4.79 Å². The van der Waals surface area contributed by atoms with Crippen molar-refractivity contribution in [3.05, 3.63) is 10.0 Å². The van der Waals surface area contributed by atoms with Crippen LogP contribution in [0.4, 0.5) is 5.13 Å². The molecule has 2 aliphatic rings. The number of thiazole rings is 1. The number of aromatic nitrogens is 1. The molecule has 0 aliphatic heterocycles. The molecule has 7 heteroatoms. The lowest BCUT2D eigenvalue weighted by Gasteiger charge is -2.34. The fraction of sp³-hybridized carbons (Fsp3) is 0.688. The Hall–Kier alpha value is -1.32. The Morgan fingerprint density at radius 2 is 2.09 bits per heavy atom. The van der Waals surface area contributed by atoms with Crippen LogP contribution in [0.3, 0.4) is 0 Å². The van der Waals surface area contributed by atoms with Crippen LogP contribution in [0.5, 0.6) is 0 Å². The molecule has 0 atom stereocenters. The van der Waals surface area contributed by atoms with E-state index in [4.69, 9.17) is 16.9 Å². The van der Waals surface area contributed by atoms with Crippen LogP contribution in [0.2, 0.25) is 5.15 Å². The Bertz CT molecular complexity index is 614. The first-order chi connectivity index (χ1) is 11.1. The van der Waals surface area contributed by atoms with E-state index in [0.717, 1.165) is 4.88 Å². The van der Waals surface area contributed by atoms with Crippen molar-refractivity contribution in [2.75, 3.05) is 11.9 Å². The van der Waals surface area contributed by atoms with Crippen LogP contribution in [0, 0.1) is 17.4 Å². The SMILES string of the molecule is CN(C(=O)C1CC(NC#N)C1)c1nc(Cl)c(C2CCCCC2)s1. The highest BCUT2D eigenvalue weighted by molar-refractivity contribution is 7.16. The van der Waals surface area contributed by atoms with Crippen molar-refractivity contribution in [3.63, 3.8) is 0 Å². The minimum Gasteiger partial charge on any atom is -0.321 e. The summed E-state index contributed by atoms with van der Waals surface area (Å²) in [5, 5.41) is 12.5. The van der Waals surface area contributed by atoms with Crippen LogP contribution in [0.25, 0.3) is 0 Å². The summed E-state index contributed by atoms with van der Waals surface area (Å²) in [5.74, 6) is 0.548. The second-order valence-corrected chi connectivity index (χ2v) is 7.87. The summed E-state index contributed by atoms with van der Waals surface area (Å²) in [7, 11) is 1.77. The van der Waals surface area contributed by atoms with Crippen molar-refractivity contribution in [2.45, 2.75) is 56.9 Å². The highest BCUT2D eigenvalue weighted by atomic mass is 35.5. The van der Waals surface area contributed by atoms with Gasteiger partial charge in [-0.3, -0.25) is 9.69 Å². The molecule has 2 aliphatic carbocycles. The first kappa shape index (κ1) is 16.5. The summed E-state index contributed by atoms with van der Waals surface area (Å²) in [4.78, 5) is 19.7. The summed E-state index contributed by atoms with van der Waals surface area (Å²) in [6.45, 7) is 0. The molecule has 1 N–H and O–H groups in total. The van der Waals surface area contributed by atoms with Gasteiger partial charge >= 0.3 is 0 Å². The van der Waals surface area contributed by atoms with Crippen molar-refractivity contribution in [1.82, 2.24) is 10.3 Å². The van der Waals surface area contributed by atoms with E-state index in [1.165, 1.54) is 32.1 Å². The molecule has 3 rings (SSSR count). The molecule has 0 saturated heterocycles. The standard InChI is InChI=1S/C16H21ClN4OS/c1-21(15(22)11-7-12(8-11)19-9-18)16-20-14(17)13(23-16)10-5-3-2-4-6-10/h10-12,19H,2-8H2,1H3. The highest BCUT2D eigenvalue weighted by Crippen LogP contribution is 2.42. The monoisotopic (exact) mass is 352 g/mol. The topological polar surface area (TPSA) is 69.0 Å². The Morgan fingerprint density at radius 3 is 2.74 bits per heavy atom. The largest absolute Gasteiger partial charge is 0.321 e. The quantitative estimate of drug-likeness (QED) is 0.663. The highest BCUT2D eigenvalue weighted by Gasteiger charge is 2.37. The first-order valence-corrected chi connectivity index (χ1v) is 9.38. The normalized spacial score (nSPS) is 24.6. The predicted octanol–water partition coefficient (Wildman–Crippen LogP) is 3.66. The van der Waals surface area contributed by atoms with Crippen LogP contribution in [0.1, 0.15) is 55.7 Å². The number of carbonyl (C=O) groups excluding carboxylic acids is 1. The second kappa shape index (κ2) is 7.06. The van der Waals surface area contributed by atoms with Gasteiger partial charge in [0.05, 0.1) is 0 Å². The minimum absolute atomic E-state index is 0.0216. The zero-order valence-corrected chi connectivity index (χ0v) is 14.8. The summed E-state index contributed by atoms with van der Waals surface area (Å²) in [5.41, 5.74) is 0. The number of hydrogen-bond donors (Lipinski definition) is 1. The van der Waals surface area contributed by atoms with Crippen LogP contribution in [-0.4, -0.2) is 24.0 Å². The van der Waals surface area contributed by atoms with E-state index < -0.39 is 0 Å². The van der Waals surface area contributed by atoms with E-state index >= 15 is 0 Å². The van der Waals surface area contributed by atoms with Gasteiger partial charge in [0, 0.05) is 23.9 Å². The molecule has 0 radical (unpaired) electrons. The lowest BCUT2D eigenvalue weighted by atomic mass is 9.79. The Morgan fingerprint density at radius 1 is 1.39 bits per heavy atom. The van der Waals surface area contributed by atoms with Crippen LogP contribution < -0.4 is 10.2 Å². The molecule has 1 aromatic rings. The fourth-order valence-corrected chi connectivity index (χ4v) is 4.95. The molecule has 0 spiro atoms. The molecule has 1 heterocycles. The number of nitriles is 1. The van der Waals surface area contributed by atoms with E-state index in [9.17, 15) is 4.79 Å². The molecule has 124 valence electrons. The summed E-state index contributed by atoms with van der Waals surface area (Å²) < 4.78 is 0. The molecule has 0 unspecified atom stereocenters. The number of nitrogens with one attached hydrogen (secondary N) is 1. The number of amides is 1. The van der Waals surface area contributed by atoms with Crippen molar-refractivity contribution in [3.8, 4) is 6.19 Å². The van der Waals surface area contributed by atoms with Crippen LogP contribution in [-0.2, 0) is 4.79 Å². The smallest absolute Gasteiger partial charge is 0.231 e. The maximum Gasteiger partial charge on any atom is 0.231 e. The molecular formula is C16H21ClN4OS. The maximum atomic E-state index is 12.5. The van der Waals surface area contributed by atoms with Gasteiger partial charge in [0.15, 0.2) is 11.3 Å². The Labute approximate surface area is 145 Å². The van der Waals surface area contributed by atoms with Gasteiger partial charge in [-0.05, 0) is 31.6 Å². The van der Waals surface area contributed by atoms with Gasteiger partial charge in [-0.15, -0.1) is 0 Å². The second-order valence-electron chi connectivity index (χ2n) is 6.51. The third-order valence-electron chi connectivity index (χ3n) is 4.95. The number of anilines is 1. The zero-order valence-electron chi connectivity index (χ0n) is 13.2. The van der Waals surface area contributed by atoms with Crippen molar-refractivity contribution >= 4 is 34.0 Å². The van der Waals surface area contributed by atoms with E-state index in [1.54, 1.807) is 23.3 Å². The average Bonchev–Trinajstić information content (AvgIpc) is 2.92. The van der Waals surface area contributed by atoms with Gasteiger partial charge in [-0.1, -0.05) is 42.2 Å². The van der Waals surface area contributed by atoms with E-state index in [1.807, 2.05) is 6.19 Å². The lowest BCUT2D eigenvalue weighted by molar-refractivity contribution is -0.125. The predicted molar refractivity (Wildman–Crippen MR) is 91.6 cm³/mol. The summed E-state index contributed by atoms with van der Waals surface area (Å²) in [6, 6.07) is 0.139. The number of rotatable bonds is 4. The first-order valence-electron chi connectivity index (χ1n) is 8.18. The zero-order chi connectivity index (χ0) is 16.4. The fourth-order valence-electron chi connectivity index (χ4n) is 3.46. The van der Waals surface area contributed by atoms with Crippen LogP contribution >= 0.6 is 22.9 Å². The van der Waals surface area contributed by atoms with E-state index in [2.05, 4.69) is 10.3 Å². The summed E-state index contributed by atoms with van der Waals surface area (Å²) in [6.07, 6.45) is 9.50. The van der Waals surface area contributed by atoms with Gasteiger partial charge in [0.2, 0.25) is 5.91 Å². The van der Waals surface area contributed by atoms with Gasteiger partial charge in [-0.2, -0.15) is 5.26 Å². The summed E-state index contributed by atoms with van der Waals surface area (Å²) >= 11 is 7.89. The third kappa shape index (κ3) is 3.46. The Kier molecular flexibility index (Phi) is 5.08.